The van der Waals surface area contributed by atoms with Gasteiger partial charge in [0.05, 0.1) is 16.6 Å². The lowest BCUT2D eigenvalue weighted by Crippen LogP contribution is -2.25. The summed E-state index contributed by atoms with van der Waals surface area (Å²) in [7, 11) is 0. The fraction of sp³-hybridized carbons (Fsp3) is 0.368. The molecule has 0 atom stereocenters. The summed E-state index contributed by atoms with van der Waals surface area (Å²) in [5.74, 6) is -0.567. The van der Waals surface area contributed by atoms with Crippen LogP contribution in [0, 0.1) is 6.92 Å². The van der Waals surface area contributed by atoms with Crippen molar-refractivity contribution in [2.24, 2.45) is 0 Å². The highest BCUT2D eigenvalue weighted by atomic mass is 19.4. The number of rotatable bonds is 6. The van der Waals surface area contributed by atoms with Crippen molar-refractivity contribution in [2.75, 3.05) is 6.61 Å². The quantitative estimate of drug-likeness (QED) is 0.665. The van der Waals surface area contributed by atoms with E-state index in [1.165, 1.54) is 12.3 Å². The Morgan fingerprint density at radius 2 is 2.10 bits per heavy atom. The first kappa shape index (κ1) is 20.6. The molecule has 29 heavy (non-hydrogen) atoms. The lowest BCUT2D eigenvalue weighted by Gasteiger charge is -2.13. The van der Waals surface area contributed by atoms with Gasteiger partial charge in [-0.1, -0.05) is 25.1 Å². The maximum atomic E-state index is 12.8. The summed E-state index contributed by atoms with van der Waals surface area (Å²) < 4.78 is 47.2. The molecule has 0 fully saturated rings. The molecule has 1 N–H and O–H groups in total. The van der Waals surface area contributed by atoms with Gasteiger partial charge < -0.3 is 14.6 Å². The first-order valence-corrected chi connectivity index (χ1v) is 8.84. The minimum absolute atomic E-state index is 0.0528. The predicted molar refractivity (Wildman–Crippen MR) is 97.6 cm³/mol. The molecule has 0 aliphatic carbocycles. The van der Waals surface area contributed by atoms with Crippen molar-refractivity contribution in [1.82, 2.24) is 20.4 Å². The van der Waals surface area contributed by atoms with Crippen LogP contribution in [0.25, 0.3) is 11.1 Å². The molecular weight excluding hydrogens is 389 g/mol. The minimum atomic E-state index is -4.49. The van der Waals surface area contributed by atoms with E-state index in [2.05, 4.69) is 20.4 Å². The van der Waals surface area contributed by atoms with Crippen molar-refractivity contribution >= 4 is 17.0 Å². The molecule has 0 aliphatic heterocycles. The number of amides is 1. The van der Waals surface area contributed by atoms with Crippen molar-refractivity contribution in [3.8, 4) is 5.88 Å². The summed E-state index contributed by atoms with van der Waals surface area (Å²) in [6, 6.07) is 4.75. The van der Waals surface area contributed by atoms with E-state index in [1.54, 1.807) is 19.1 Å². The number of aryl methyl sites for hydroxylation is 1. The summed E-state index contributed by atoms with van der Waals surface area (Å²) in [6.07, 6.45) is -3.17. The Labute approximate surface area is 164 Å². The Bertz CT molecular complexity index is 1030. The minimum Gasteiger partial charge on any atom is -0.468 e. The zero-order chi connectivity index (χ0) is 21.2. The molecule has 3 aromatic heterocycles. The molecule has 0 saturated heterocycles. The average molecular weight is 408 g/mol. The van der Waals surface area contributed by atoms with Crippen LogP contribution in [0.1, 0.15) is 47.1 Å². The lowest BCUT2D eigenvalue weighted by molar-refractivity contribution is -0.154. The number of ether oxygens (including phenoxy) is 1. The molecule has 154 valence electrons. The predicted octanol–water partition coefficient (Wildman–Crippen LogP) is 3.92. The molecule has 7 nitrogen and oxygen atoms in total. The number of carbonyl (C=O) groups is 1. The van der Waals surface area contributed by atoms with Crippen LogP contribution in [0.3, 0.4) is 0 Å². The number of pyridine rings is 2. The summed E-state index contributed by atoms with van der Waals surface area (Å²) in [4.78, 5) is 21.0. The second-order valence-corrected chi connectivity index (χ2v) is 6.75. The molecule has 0 spiro atoms. The first-order valence-electron chi connectivity index (χ1n) is 8.84. The number of nitrogens with zero attached hydrogens (tertiary/aromatic N) is 3. The van der Waals surface area contributed by atoms with Gasteiger partial charge in [0.15, 0.2) is 6.61 Å². The summed E-state index contributed by atoms with van der Waals surface area (Å²) in [5.41, 5.74) is 2.09. The molecule has 0 bridgehead atoms. The largest absolute Gasteiger partial charge is 0.468 e. The van der Waals surface area contributed by atoms with Crippen molar-refractivity contribution in [3.05, 3.63) is 46.9 Å². The lowest BCUT2D eigenvalue weighted by atomic mass is 10.0. The van der Waals surface area contributed by atoms with Crippen LogP contribution in [-0.2, 0) is 6.54 Å². The van der Waals surface area contributed by atoms with Gasteiger partial charge in [0.1, 0.15) is 0 Å². The SMILES string of the molecule is Cc1noc2nc(C(C)C)cc(C(=O)NCc3cccnc3OCC(F)(F)F)c12. The maximum Gasteiger partial charge on any atom is 0.422 e. The number of aromatic nitrogens is 3. The highest BCUT2D eigenvalue weighted by Gasteiger charge is 2.29. The van der Waals surface area contributed by atoms with Gasteiger partial charge in [-0.25, -0.2) is 9.97 Å². The second kappa shape index (κ2) is 8.06. The Kier molecular flexibility index (Phi) is 5.71. The van der Waals surface area contributed by atoms with Gasteiger partial charge in [-0.05, 0) is 25.0 Å². The Hall–Kier alpha value is -3.17. The molecule has 1 amide bonds. The zero-order valence-electron chi connectivity index (χ0n) is 16.0. The van der Waals surface area contributed by atoms with Crippen LogP contribution in [0.15, 0.2) is 28.9 Å². The molecule has 3 aromatic rings. The second-order valence-electron chi connectivity index (χ2n) is 6.75. The molecule has 0 unspecified atom stereocenters. The summed E-state index contributed by atoms with van der Waals surface area (Å²) >= 11 is 0. The highest BCUT2D eigenvalue weighted by molar-refractivity contribution is 6.06. The molecule has 0 aliphatic rings. The van der Waals surface area contributed by atoms with Crippen LogP contribution in [0.4, 0.5) is 13.2 Å². The number of fused-ring (bicyclic) bond motifs is 1. The Balaban J connectivity index is 1.83. The van der Waals surface area contributed by atoms with E-state index in [9.17, 15) is 18.0 Å². The third-order valence-electron chi connectivity index (χ3n) is 4.13. The molecule has 3 heterocycles. The first-order chi connectivity index (χ1) is 13.7. The zero-order valence-corrected chi connectivity index (χ0v) is 16.0. The molecule has 0 aromatic carbocycles. The van der Waals surface area contributed by atoms with E-state index in [1.807, 2.05) is 13.8 Å². The van der Waals surface area contributed by atoms with Crippen molar-refractivity contribution in [2.45, 2.75) is 39.4 Å². The van der Waals surface area contributed by atoms with Crippen LogP contribution >= 0.6 is 0 Å². The van der Waals surface area contributed by atoms with Crippen LogP contribution < -0.4 is 10.1 Å². The number of alkyl halides is 3. The van der Waals surface area contributed by atoms with Crippen LogP contribution in [0.5, 0.6) is 5.88 Å². The van der Waals surface area contributed by atoms with Crippen molar-refractivity contribution < 1.29 is 27.2 Å². The topological polar surface area (TPSA) is 90.1 Å². The molecule has 0 saturated carbocycles. The average Bonchev–Trinajstić information content (AvgIpc) is 3.04. The molecule has 0 radical (unpaired) electrons. The van der Waals surface area contributed by atoms with Crippen molar-refractivity contribution in [3.63, 3.8) is 0 Å². The fourth-order valence-corrected chi connectivity index (χ4v) is 2.70. The molecule has 3 rings (SSSR count). The van der Waals surface area contributed by atoms with E-state index in [0.717, 1.165) is 0 Å². The maximum absolute atomic E-state index is 12.8. The van der Waals surface area contributed by atoms with Gasteiger partial charge in [0, 0.05) is 24.0 Å². The smallest absolute Gasteiger partial charge is 0.422 e. The number of hydrogen-bond acceptors (Lipinski definition) is 6. The molecule has 10 heteroatoms. The van der Waals surface area contributed by atoms with Gasteiger partial charge >= 0.3 is 6.18 Å². The normalized spacial score (nSPS) is 11.8. The van der Waals surface area contributed by atoms with E-state index >= 15 is 0 Å². The summed E-state index contributed by atoms with van der Waals surface area (Å²) in [6.45, 7) is 4.03. The van der Waals surface area contributed by atoms with Gasteiger partial charge in [-0.2, -0.15) is 13.2 Å². The standard InChI is InChI=1S/C19H19F3N4O3/c1-10(2)14-7-13(15-11(3)26-29-18(15)25-14)16(27)24-8-12-5-4-6-23-17(12)28-9-19(20,21)22/h4-7,10H,8-9H2,1-3H3,(H,24,27). The number of carbonyl (C=O) groups excluding carboxylic acids is 1. The van der Waals surface area contributed by atoms with Gasteiger partial charge in [-0.3, -0.25) is 4.79 Å². The van der Waals surface area contributed by atoms with E-state index in [4.69, 9.17) is 9.26 Å². The third kappa shape index (κ3) is 4.82. The monoisotopic (exact) mass is 408 g/mol. The summed E-state index contributed by atoms with van der Waals surface area (Å²) in [5, 5.41) is 7.05. The van der Waals surface area contributed by atoms with E-state index < -0.39 is 18.7 Å². The van der Waals surface area contributed by atoms with E-state index in [-0.39, 0.29) is 24.1 Å². The van der Waals surface area contributed by atoms with Crippen molar-refractivity contribution in [1.29, 1.82) is 0 Å². The fourth-order valence-electron chi connectivity index (χ4n) is 2.70. The number of halogens is 3. The van der Waals surface area contributed by atoms with Crippen LogP contribution in [-0.4, -0.2) is 33.8 Å². The highest BCUT2D eigenvalue weighted by Crippen LogP contribution is 2.25. The third-order valence-corrected chi connectivity index (χ3v) is 4.13. The van der Waals surface area contributed by atoms with Crippen LogP contribution in [0.2, 0.25) is 0 Å². The van der Waals surface area contributed by atoms with Gasteiger partial charge in [0.2, 0.25) is 5.88 Å². The van der Waals surface area contributed by atoms with Gasteiger partial charge in [0.25, 0.3) is 11.6 Å². The number of nitrogens with one attached hydrogen (secondary N) is 1. The number of hydrogen-bond donors (Lipinski definition) is 1. The Morgan fingerprint density at radius 3 is 2.79 bits per heavy atom. The van der Waals surface area contributed by atoms with E-state index in [0.29, 0.717) is 27.9 Å². The molecular formula is C19H19F3N4O3. The van der Waals surface area contributed by atoms with Gasteiger partial charge in [-0.15, -0.1) is 0 Å². The Morgan fingerprint density at radius 1 is 1.34 bits per heavy atom.